The molecule has 0 amide bonds. The number of ether oxygens (including phenoxy) is 1. The van der Waals surface area contributed by atoms with Crippen molar-refractivity contribution in [3.05, 3.63) is 0 Å². The van der Waals surface area contributed by atoms with E-state index >= 15 is 0 Å². The van der Waals surface area contributed by atoms with Gasteiger partial charge in [0.05, 0.1) is 5.92 Å². The first-order valence-corrected chi connectivity index (χ1v) is 6.75. The third-order valence-corrected chi connectivity index (χ3v) is 3.48. The lowest BCUT2D eigenvalue weighted by atomic mass is 9.82. The smallest absolute Gasteiger partial charge is 0.306 e. The van der Waals surface area contributed by atoms with Crippen molar-refractivity contribution >= 4 is 5.97 Å². The molecule has 2 N–H and O–H groups in total. The Morgan fingerprint density at radius 3 is 2.65 bits per heavy atom. The van der Waals surface area contributed by atoms with Gasteiger partial charge in [-0.05, 0) is 58.0 Å². The monoisotopic (exact) mass is 243 g/mol. The highest BCUT2D eigenvalue weighted by atomic mass is 16.5. The van der Waals surface area contributed by atoms with Crippen LogP contribution in [0.5, 0.6) is 0 Å². The SMILES string of the molecule is CCOCCCNCC1CCC(C(=O)O)CC1. The van der Waals surface area contributed by atoms with E-state index in [9.17, 15) is 4.79 Å². The molecule has 100 valence electrons. The van der Waals surface area contributed by atoms with Crippen LogP contribution in [0.25, 0.3) is 0 Å². The zero-order valence-electron chi connectivity index (χ0n) is 10.8. The lowest BCUT2D eigenvalue weighted by molar-refractivity contribution is -0.143. The summed E-state index contributed by atoms with van der Waals surface area (Å²) in [6.07, 6.45) is 4.85. The van der Waals surface area contributed by atoms with E-state index in [1.54, 1.807) is 0 Å². The number of rotatable bonds is 8. The predicted octanol–water partition coefficient (Wildman–Crippen LogP) is 1.89. The van der Waals surface area contributed by atoms with Crippen molar-refractivity contribution in [1.82, 2.24) is 5.32 Å². The van der Waals surface area contributed by atoms with Crippen LogP contribution >= 0.6 is 0 Å². The van der Waals surface area contributed by atoms with Crippen LogP contribution in [0.3, 0.4) is 0 Å². The van der Waals surface area contributed by atoms with Gasteiger partial charge in [-0.3, -0.25) is 4.79 Å². The number of hydrogen-bond acceptors (Lipinski definition) is 3. The van der Waals surface area contributed by atoms with E-state index in [-0.39, 0.29) is 5.92 Å². The van der Waals surface area contributed by atoms with E-state index in [0.717, 1.165) is 58.4 Å². The van der Waals surface area contributed by atoms with Crippen LogP contribution in [0.4, 0.5) is 0 Å². The van der Waals surface area contributed by atoms with Gasteiger partial charge in [0.15, 0.2) is 0 Å². The topological polar surface area (TPSA) is 58.6 Å². The highest BCUT2D eigenvalue weighted by Gasteiger charge is 2.25. The Kier molecular flexibility index (Phi) is 7.21. The summed E-state index contributed by atoms with van der Waals surface area (Å²) in [4.78, 5) is 10.8. The van der Waals surface area contributed by atoms with Gasteiger partial charge in [-0.25, -0.2) is 0 Å². The van der Waals surface area contributed by atoms with Gasteiger partial charge in [0.25, 0.3) is 0 Å². The summed E-state index contributed by atoms with van der Waals surface area (Å²) in [5.74, 6) is -0.0463. The fourth-order valence-electron chi connectivity index (χ4n) is 2.36. The van der Waals surface area contributed by atoms with Crippen molar-refractivity contribution in [2.45, 2.75) is 39.0 Å². The van der Waals surface area contributed by atoms with Crippen LogP contribution in [0.1, 0.15) is 39.0 Å². The molecule has 0 aliphatic heterocycles. The molecule has 0 atom stereocenters. The Labute approximate surface area is 104 Å². The molecule has 0 saturated heterocycles. The molecule has 4 nitrogen and oxygen atoms in total. The maximum absolute atomic E-state index is 10.8. The van der Waals surface area contributed by atoms with Gasteiger partial charge in [-0.2, -0.15) is 0 Å². The first-order valence-electron chi connectivity index (χ1n) is 6.75. The van der Waals surface area contributed by atoms with E-state index in [4.69, 9.17) is 9.84 Å². The van der Waals surface area contributed by atoms with E-state index < -0.39 is 5.97 Å². The fourth-order valence-corrected chi connectivity index (χ4v) is 2.36. The minimum atomic E-state index is -0.617. The number of carboxylic acid groups (broad SMARTS) is 1. The number of hydrogen-bond donors (Lipinski definition) is 2. The first kappa shape index (κ1) is 14.5. The molecule has 1 aliphatic rings. The summed E-state index contributed by atoms with van der Waals surface area (Å²) in [5.41, 5.74) is 0. The van der Waals surface area contributed by atoms with Crippen molar-refractivity contribution in [2.24, 2.45) is 11.8 Å². The zero-order chi connectivity index (χ0) is 12.5. The van der Waals surface area contributed by atoms with Gasteiger partial charge >= 0.3 is 5.97 Å². The van der Waals surface area contributed by atoms with Gasteiger partial charge in [0.1, 0.15) is 0 Å². The van der Waals surface area contributed by atoms with Crippen LogP contribution in [-0.4, -0.2) is 37.4 Å². The molecule has 1 aliphatic carbocycles. The second kappa shape index (κ2) is 8.48. The van der Waals surface area contributed by atoms with Crippen LogP contribution in [0.2, 0.25) is 0 Å². The normalized spacial score (nSPS) is 24.8. The highest BCUT2D eigenvalue weighted by molar-refractivity contribution is 5.69. The third kappa shape index (κ3) is 6.03. The minimum Gasteiger partial charge on any atom is -0.481 e. The Bertz CT molecular complexity index is 213. The molecule has 0 heterocycles. The van der Waals surface area contributed by atoms with Gasteiger partial charge in [-0.15, -0.1) is 0 Å². The summed E-state index contributed by atoms with van der Waals surface area (Å²) >= 11 is 0. The molecule has 1 rings (SSSR count). The van der Waals surface area contributed by atoms with Crippen LogP contribution in [0.15, 0.2) is 0 Å². The average molecular weight is 243 g/mol. The number of carbonyl (C=O) groups is 1. The summed E-state index contributed by atoms with van der Waals surface area (Å²) in [6, 6.07) is 0. The molecule has 17 heavy (non-hydrogen) atoms. The number of nitrogens with one attached hydrogen (secondary N) is 1. The Morgan fingerprint density at radius 1 is 1.35 bits per heavy atom. The summed E-state index contributed by atoms with van der Waals surface area (Å²) in [7, 11) is 0. The number of aliphatic carboxylic acids is 1. The van der Waals surface area contributed by atoms with Gasteiger partial charge in [0.2, 0.25) is 0 Å². The Morgan fingerprint density at radius 2 is 2.06 bits per heavy atom. The van der Waals surface area contributed by atoms with Gasteiger partial charge in [0, 0.05) is 13.2 Å². The highest BCUT2D eigenvalue weighted by Crippen LogP contribution is 2.28. The lowest BCUT2D eigenvalue weighted by Gasteiger charge is -2.26. The molecule has 0 spiro atoms. The standard InChI is InChI=1S/C13H25NO3/c1-2-17-9-3-8-14-10-11-4-6-12(7-5-11)13(15)16/h11-12,14H,2-10H2,1H3,(H,15,16). The molecule has 0 aromatic heterocycles. The van der Waals surface area contributed by atoms with Crippen LogP contribution in [-0.2, 0) is 9.53 Å². The molecule has 0 unspecified atom stereocenters. The summed E-state index contributed by atoms with van der Waals surface area (Å²) in [6.45, 7) is 5.65. The lowest BCUT2D eigenvalue weighted by Crippen LogP contribution is -2.29. The second-order valence-corrected chi connectivity index (χ2v) is 4.81. The van der Waals surface area contributed by atoms with Crippen molar-refractivity contribution in [3.8, 4) is 0 Å². The van der Waals surface area contributed by atoms with Gasteiger partial charge in [-0.1, -0.05) is 0 Å². The minimum absolute atomic E-state index is 0.0933. The molecule has 0 bridgehead atoms. The Hall–Kier alpha value is -0.610. The first-order chi connectivity index (χ1) is 8.24. The maximum Gasteiger partial charge on any atom is 0.306 e. The molecule has 0 aromatic carbocycles. The second-order valence-electron chi connectivity index (χ2n) is 4.81. The molecule has 0 aromatic rings. The van der Waals surface area contributed by atoms with E-state index in [1.807, 2.05) is 6.92 Å². The summed E-state index contributed by atoms with van der Waals surface area (Å²) < 4.78 is 5.26. The van der Waals surface area contributed by atoms with Crippen LogP contribution < -0.4 is 5.32 Å². The average Bonchev–Trinajstić information content (AvgIpc) is 2.34. The molecule has 1 fully saturated rings. The van der Waals surface area contributed by atoms with Crippen LogP contribution in [0, 0.1) is 11.8 Å². The van der Waals surface area contributed by atoms with E-state index in [2.05, 4.69) is 5.32 Å². The third-order valence-electron chi connectivity index (χ3n) is 3.48. The Balaban J connectivity index is 1.97. The zero-order valence-corrected chi connectivity index (χ0v) is 10.8. The molecule has 1 saturated carbocycles. The largest absolute Gasteiger partial charge is 0.481 e. The maximum atomic E-state index is 10.8. The van der Waals surface area contributed by atoms with Gasteiger partial charge < -0.3 is 15.2 Å². The summed E-state index contributed by atoms with van der Waals surface area (Å²) in [5, 5.41) is 12.3. The van der Waals surface area contributed by atoms with E-state index in [0.29, 0.717) is 5.92 Å². The number of carboxylic acids is 1. The predicted molar refractivity (Wildman–Crippen MR) is 67.1 cm³/mol. The van der Waals surface area contributed by atoms with Crippen molar-refractivity contribution in [1.29, 1.82) is 0 Å². The van der Waals surface area contributed by atoms with E-state index in [1.165, 1.54) is 0 Å². The fraction of sp³-hybridized carbons (Fsp3) is 0.923. The van der Waals surface area contributed by atoms with Crippen molar-refractivity contribution in [2.75, 3.05) is 26.3 Å². The molecule has 4 heteroatoms. The molecule has 0 radical (unpaired) electrons. The molecular weight excluding hydrogens is 218 g/mol. The quantitative estimate of drug-likeness (QED) is 0.639. The molecular formula is C13H25NO3. The van der Waals surface area contributed by atoms with Crippen molar-refractivity contribution < 1.29 is 14.6 Å². The van der Waals surface area contributed by atoms with Crippen molar-refractivity contribution in [3.63, 3.8) is 0 Å².